The maximum absolute atomic E-state index is 5.15. The number of hydrogen-bond acceptors (Lipinski definition) is 5. The van der Waals surface area contributed by atoms with Crippen LogP contribution in [-0.2, 0) is 11.3 Å². The SMILES string of the molecule is CCNC(c1csc(C)n1)c1c(Br)cnn1CCOC. The van der Waals surface area contributed by atoms with Crippen LogP contribution in [0.25, 0.3) is 0 Å². The van der Waals surface area contributed by atoms with E-state index in [0.717, 1.165) is 34.0 Å². The third-order valence-electron chi connectivity index (χ3n) is 2.95. The predicted molar refractivity (Wildman–Crippen MR) is 84.2 cm³/mol. The number of thiazole rings is 1. The van der Waals surface area contributed by atoms with Crippen molar-refractivity contribution in [2.24, 2.45) is 0 Å². The van der Waals surface area contributed by atoms with Crippen molar-refractivity contribution < 1.29 is 4.74 Å². The van der Waals surface area contributed by atoms with Crippen LogP contribution in [0.3, 0.4) is 0 Å². The molecule has 0 aromatic carbocycles. The summed E-state index contributed by atoms with van der Waals surface area (Å²) in [4.78, 5) is 4.61. The Morgan fingerprint density at radius 1 is 1.55 bits per heavy atom. The van der Waals surface area contributed by atoms with Gasteiger partial charge in [-0.05, 0) is 29.4 Å². The molecule has 5 nitrogen and oxygen atoms in total. The summed E-state index contributed by atoms with van der Waals surface area (Å²) in [6.07, 6.45) is 1.83. The highest BCUT2D eigenvalue weighted by Crippen LogP contribution is 2.29. The van der Waals surface area contributed by atoms with Gasteiger partial charge in [0.05, 0.1) is 46.3 Å². The molecule has 0 fully saturated rings. The van der Waals surface area contributed by atoms with Gasteiger partial charge >= 0.3 is 0 Å². The molecule has 2 rings (SSSR count). The fourth-order valence-electron chi connectivity index (χ4n) is 2.07. The first-order valence-corrected chi connectivity index (χ1v) is 8.20. The van der Waals surface area contributed by atoms with Crippen molar-refractivity contribution in [2.45, 2.75) is 26.4 Å². The topological polar surface area (TPSA) is 52.0 Å². The zero-order valence-corrected chi connectivity index (χ0v) is 14.3. The maximum atomic E-state index is 5.15. The fraction of sp³-hybridized carbons (Fsp3) is 0.538. The van der Waals surface area contributed by atoms with E-state index in [-0.39, 0.29) is 6.04 Å². The van der Waals surface area contributed by atoms with Gasteiger partial charge < -0.3 is 10.1 Å². The number of aryl methyl sites for hydroxylation is 1. The van der Waals surface area contributed by atoms with Gasteiger partial charge in [-0.25, -0.2) is 4.98 Å². The maximum Gasteiger partial charge on any atom is 0.0942 e. The third kappa shape index (κ3) is 3.46. The number of methoxy groups -OCH3 is 1. The summed E-state index contributed by atoms with van der Waals surface area (Å²) >= 11 is 5.26. The molecule has 1 unspecified atom stereocenters. The van der Waals surface area contributed by atoms with Gasteiger partial charge in [-0.1, -0.05) is 6.92 Å². The normalized spacial score (nSPS) is 12.8. The van der Waals surface area contributed by atoms with Crippen LogP contribution in [0.4, 0.5) is 0 Å². The van der Waals surface area contributed by atoms with E-state index in [0.29, 0.717) is 6.61 Å². The Kier molecular flexibility index (Phi) is 5.71. The van der Waals surface area contributed by atoms with Gasteiger partial charge in [-0.2, -0.15) is 5.10 Å². The number of rotatable bonds is 7. The van der Waals surface area contributed by atoms with Gasteiger partial charge in [0, 0.05) is 12.5 Å². The van der Waals surface area contributed by atoms with E-state index in [4.69, 9.17) is 4.74 Å². The van der Waals surface area contributed by atoms with Gasteiger partial charge in [-0.15, -0.1) is 11.3 Å². The van der Waals surface area contributed by atoms with Crippen LogP contribution in [0, 0.1) is 6.92 Å². The average molecular weight is 359 g/mol. The minimum atomic E-state index is 0.0404. The first-order valence-electron chi connectivity index (χ1n) is 6.53. The second-order valence-electron chi connectivity index (χ2n) is 4.38. The summed E-state index contributed by atoms with van der Waals surface area (Å²) in [6, 6.07) is 0.0404. The van der Waals surface area contributed by atoms with E-state index in [1.54, 1.807) is 18.4 Å². The highest BCUT2D eigenvalue weighted by Gasteiger charge is 2.23. The molecule has 0 aliphatic heterocycles. The van der Waals surface area contributed by atoms with E-state index in [2.05, 4.69) is 43.6 Å². The third-order valence-corrected chi connectivity index (χ3v) is 4.36. The highest BCUT2D eigenvalue weighted by atomic mass is 79.9. The zero-order valence-electron chi connectivity index (χ0n) is 11.9. The Hall–Kier alpha value is -0.760. The van der Waals surface area contributed by atoms with Crippen molar-refractivity contribution in [3.8, 4) is 0 Å². The molecule has 2 aromatic rings. The molecule has 0 amide bonds. The first kappa shape index (κ1) is 15.6. The van der Waals surface area contributed by atoms with Crippen LogP contribution in [-0.4, -0.2) is 35.0 Å². The molecule has 1 N–H and O–H groups in total. The highest BCUT2D eigenvalue weighted by molar-refractivity contribution is 9.10. The predicted octanol–water partition coefficient (Wildman–Crippen LogP) is 2.76. The number of nitrogens with one attached hydrogen (secondary N) is 1. The average Bonchev–Trinajstić information content (AvgIpc) is 3.01. The minimum absolute atomic E-state index is 0.0404. The monoisotopic (exact) mass is 358 g/mol. The van der Waals surface area contributed by atoms with Crippen molar-refractivity contribution in [3.63, 3.8) is 0 Å². The number of aromatic nitrogens is 3. The molecule has 0 aliphatic rings. The van der Waals surface area contributed by atoms with Crippen LogP contribution in [0.5, 0.6) is 0 Å². The van der Waals surface area contributed by atoms with Crippen LogP contribution >= 0.6 is 27.3 Å². The van der Waals surface area contributed by atoms with Crippen LogP contribution in [0.15, 0.2) is 16.0 Å². The second kappa shape index (κ2) is 7.31. The van der Waals surface area contributed by atoms with Crippen LogP contribution < -0.4 is 5.32 Å². The zero-order chi connectivity index (χ0) is 14.5. The van der Waals surface area contributed by atoms with Crippen LogP contribution in [0.1, 0.15) is 29.4 Å². The molecule has 2 aromatic heterocycles. The summed E-state index contributed by atoms with van der Waals surface area (Å²) in [7, 11) is 1.70. The van der Waals surface area contributed by atoms with Gasteiger partial charge in [0.2, 0.25) is 0 Å². The fourth-order valence-corrected chi connectivity index (χ4v) is 3.24. The molecule has 2 heterocycles. The molecule has 0 aliphatic carbocycles. The lowest BCUT2D eigenvalue weighted by atomic mass is 10.1. The van der Waals surface area contributed by atoms with Gasteiger partial charge in [-0.3, -0.25) is 4.68 Å². The number of halogens is 1. The van der Waals surface area contributed by atoms with E-state index in [1.165, 1.54) is 0 Å². The molecule has 0 saturated carbocycles. The number of nitrogens with zero attached hydrogens (tertiary/aromatic N) is 3. The first-order chi connectivity index (χ1) is 9.67. The smallest absolute Gasteiger partial charge is 0.0942 e. The molecule has 20 heavy (non-hydrogen) atoms. The molecule has 0 bridgehead atoms. The van der Waals surface area contributed by atoms with Gasteiger partial charge in [0.25, 0.3) is 0 Å². The van der Waals surface area contributed by atoms with E-state index >= 15 is 0 Å². The van der Waals surface area contributed by atoms with Crippen molar-refractivity contribution in [3.05, 3.63) is 32.4 Å². The minimum Gasteiger partial charge on any atom is -0.383 e. The molecular formula is C13H19BrN4OS. The van der Waals surface area contributed by atoms with E-state index in [9.17, 15) is 0 Å². The lowest BCUT2D eigenvalue weighted by Gasteiger charge is -2.18. The Labute approximate surface area is 131 Å². The Morgan fingerprint density at radius 3 is 2.95 bits per heavy atom. The van der Waals surface area contributed by atoms with E-state index in [1.807, 2.05) is 17.8 Å². The molecule has 0 saturated heterocycles. The molecule has 7 heteroatoms. The molecule has 0 radical (unpaired) electrons. The summed E-state index contributed by atoms with van der Waals surface area (Å²) in [6.45, 7) is 6.34. The van der Waals surface area contributed by atoms with Crippen molar-refractivity contribution in [2.75, 3.05) is 20.3 Å². The van der Waals surface area contributed by atoms with E-state index < -0.39 is 0 Å². The molecular weight excluding hydrogens is 340 g/mol. The molecule has 110 valence electrons. The van der Waals surface area contributed by atoms with Crippen molar-refractivity contribution in [1.82, 2.24) is 20.1 Å². The van der Waals surface area contributed by atoms with Gasteiger partial charge in [0.1, 0.15) is 0 Å². The number of ether oxygens (including phenoxy) is 1. The van der Waals surface area contributed by atoms with Crippen molar-refractivity contribution in [1.29, 1.82) is 0 Å². The quantitative estimate of drug-likeness (QED) is 0.826. The van der Waals surface area contributed by atoms with Crippen molar-refractivity contribution >= 4 is 27.3 Å². The lowest BCUT2D eigenvalue weighted by Crippen LogP contribution is -2.26. The summed E-state index contributed by atoms with van der Waals surface area (Å²) < 4.78 is 8.11. The summed E-state index contributed by atoms with van der Waals surface area (Å²) in [5.74, 6) is 0. The lowest BCUT2D eigenvalue weighted by molar-refractivity contribution is 0.182. The Bertz CT molecular complexity index is 554. The second-order valence-corrected chi connectivity index (χ2v) is 6.29. The standard InChI is InChI=1S/C13H19BrN4OS/c1-4-15-12(11-8-20-9(2)17-11)13-10(14)7-16-18(13)5-6-19-3/h7-8,12,15H,4-6H2,1-3H3. The number of hydrogen-bond donors (Lipinski definition) is 1. The Balaban J connectivity index is 2.35. The summed E-state index contributed by atoms with van der Waals surface area (Å²) in [5.41, 5.74) is 2.13. The largest absolute Gasteiger partial charge is 0.383 e. The van der Waals surface area contributed by atoms with Gasteiger partial charge in [0.15, 0.2) is 0 Å². The van der Waals surface area contributed by atoms with Crippen LogP contribution in [0.2, 0.25) is 0 Å². The summed E-state index contributed by atoms with van der Waals surface area (Å²) in [5, 5.41) is 11.1. The Morgan fingerprint density at radius 2 is 2.35 bits per heavy atom. The molecule has 1 atom stereocenters. The molecule has 0 spiro atoms.